The number of hydrogen-bond donors (Lipinski definition) is 2. The molecule has 1 aromatic rings. The van der Waals surface area contributed by atoms with E-state index in [9.17, 15) is 13.2 Å². The summed E-state index contributed by atoms with van der Waals surface area (Å²) >= 11 is 2.79. The molecule has 0 aliphatic carbocycles. The second kappa shape index (κ2) is 11.4. The number of ether oxygens (including phenoxy) is 1. The van der Waals surface area contributed by atoms with Crippen molar-refractivity contribution in [3.8, 4) is 0 Å². The van der Waals surface area contributed by atoms with E-state index in [2.05, 4.69) is 11.1 Å². The van der Waals surface area contributed by atoms with E-state index in [1.807, 2.05) is 0 Å². The predicted molar refractivity (Wildman–Crippen MR) is 96.6 cm³/mol. The summed E-state index contributed by atoms with van der Waals surface area (Å²) in [5.41, 5.74) is 11.2. The number of anilines is 1. The zero-order valence-corrected chi connectivity index (χ0v) is 19.2. The number of nitrogen functional groups attached to an aromatic ring is 1. The van der Waals surface area contributed by atoms with Gasteiger partial charge in [0.1, 0.15) is 5.82 Å². The number of rotatable bonds is 6. The van der Waals surface area contributed by atoms with Crippen LogP contribution in [0.5, 0.6) is 0 Å². The van der Waals surface area contributed by atoms with E-state index in [0.29, 0.717) is 23.7 Å². The number of pyridine rings is 1. The van der Waals surface area contributed by atoms with Gasteiger partial charge in [-0.15, -0.1) is 41.1 Å². The van der Waals surface area contributed by atoms with Crippen LogP contribution in [0.3, 0.4) is 0 Å². The van der Waals surface area contributed by atoms with Gasteiger partial charge < -0.3 is 16.2 Å². The fraction of sp³-hybridized carbons (Fsp3) is 0.375. The molecule has 10 heteroatoms. The average molecular weight is 429 g/mol. The van der Waals surface area contributed by atoms with Crippen molar-refractivity contribution in [2.24, 2.45) is 5.73 Å². The number of halogens is 3. The molecule has 0 aromatic carbocycles. The van der Waals surface area contributed by atoms with E-state index >= 15 is 0 Å². The van der Waals surface area contributed by atoms with Gasteiger partial charge in [-0.1, -0.05) is 6.07 Å². The van der Waals surface area contributed by atoms with E-state index in [1.54, 1.807) is 13.2 Å². The Morgan fingerprint density at radius 2 is 2.23 bits per heavy atom. The van der Waals surface area contributed by atoms with Gasteiger partial charge in [0.25, 0.3) is 0 Å². The van der Waals surface area contributed by atoms with E-state index in [4.69, 9.17) is 16.2 Å². The Hall–Kier alpha value is 0.346. The summed E-state index contributed by atoms with van der Waals surface area (Å²) in [7, 11) is 1.58. The molecule has 1 fully saturated rings. The van der Waals surface area contributed by atoms with Crippen molar-refractivity contribution in [1.29, 1.82) is 0 Å². The summed E-state index contributed by atoms with van der Waals surface area (Å²) in [4.78, 5) is 3.83. The average Bonchev–Trinajstić information content (AvgIpc) is 2.90. The summed E-state index contributed by atoms with van der Waals surface area (Å²) in [6.45, 7) is 0.525. The topological polar surface area (TPSA) is 74.2 Å². The van der Waals surface area contributed by atoms with Crippen LogP contribution in [0.1, 0.15) is 5.56 Å². The van der Waals surface area contributed by atoms with Gasteiger partial charge in [0.15, 0.2) is 0 Å². The first-order valence-corrected chi connectivity index (χ1v) is 9.29. The molecule has 138 valence electrons. The molecule has 2 rings (SSSR count). The molecule has 0 amide bonds. The maximum Gasteiger partial charge on any atom is 1.00 e. The molecule has 2 unspecified atom stereocenters. The number of thioether (sulfide) groups is 2. The molecule has 1 saturated heterocycles. The van der Waals surface area contributed by atoms with Crippen molar-refractivity contribution < 1.29 is 69.3 Å². The maximum atomic E-state index is 13.5. The molecule has 4 nitrogen and oxygen atoms in total. The molecule has 2 heterocycles. The van der Waals surface area contributed by atoms with Gasteiger partial charge in [-0.3, -0.25) is 4.98 Å². The van der Waals surface area contributed by atoms with Crippen LogP contribution in [0.2, 0.25) is 0 Å². The minimum absolute atomic E-state index is 0. The van der Waals surface area contributed by atoms with Gasteiger partial charge in [0.2, 0.25) is 0 Å². The minimum atomic E-state index is -4.52. The zero-order valence-electron chi connectivity index (χ0n) is 14.4. The van der Waals surface area contributed by atoms with E-state index < -0.39 is 17.8 Å². The second-order valence-corrected chi connectivity index (χ2v) is 7.70. The third-order valence-electron chi connectivity index (χ3n) is 3.34. The SMILES string of the molecule is COCCSC1S[CH-]/C(=C(\C=[C-]c2ccc(N)nc2)C(F)(F)F)C1N.[K+]. The first-order valence-electron chi connectivity index (χ1n) is 7.30. The molecular formula is C16H18F3KN3OS2-. The number of hydrogen-bond acceptors (Lipinski definition) is 6. The molecule has 26 heavy (non-hydrogen) atoms. The molecule has 0 spiro atoms. The van der Waals surface area contributed by atoms with Crippen molar-refractivity contribution >= 4 is 29.3 Å². The molecule has 0 saturated carbocycles. The summed E-state index contributed by atoms with van der Waals surface area (Å²) in [5.74, 6) is 2.44. The van der Waals surface area contributed by atoms with Crippen LogP contribution in [0.4, 0.5) is 19.0 Å². The summed E-state index contributed by atoms with van der Waals surface area (Å²) in [6, 6.07) is 2.34. The standard InChI is InChI=1S/C16H18F3N3OS2.K/c1-23-6-7-24-15-14(21)11(9-25-15)12(16(17,18)19)4-2-10-3-5-13(20)22-8-10;/h3-5,8-9,14-15H,6-7,21H2,1H3,(H2,20,22);/q-2;+1/b12-11-;. The Kier molecular flexibility index (Phi) is 10.7. The Bertz CT molecular complexity index is 639. The van der Waals surface area contributed by atoms with Crippen LogP contribution < -0.4 is 62.9 Å². The smallest absolute Gasteiger partial charge is 0.385 e. The number of allylic oxidation sites excluding steroid dienone is 2. The molecular weight excluding hydrogens is 410 g/mol. The van der Waals surface area contributed by atoms with Gasteiger partial charge in [-0.25, -0.2) is 11.8 Å². The van der Waals surface area contributed by atoms with Gasteiger partial charge in [-0.2, -0.15) is 18.9 Å². The Balaban J connectivity index is 0.00000338. The zero-order chi connectivity index (χ0) is 18.4. The summed E-state index contributed by atoms with van der Waals surface area (Å²) in [6.07, 6.45) is 0.367. The first-order chi connectivity index (χ1) is 11.8. The number of nitrogens with two attached hydrogens (primary N) is 2. The Morgan fingerprint density at radius 3 is 2.81 bits per heavy atom. The maximum absolute atomic E-state index is 13.5. The van der Waals surface area contributed by atoms with Crippen LogP contribution >= 0.6 is 23.5 Å². The van der Waals surface area contributed by atoms with E-state index in [-0.39, 0.29) is 61.5 Å². The van der Waals surface area contributed by atoms with Gasteiger partial charge >= 0.3 is 57.6 Å². The Morgan fingerprint density at radius 1 is 1.50 bits per heavy atom. The van der Waals surface area contributed by atoms with Crippen molar-refractivity contribution in [2.45, 2.75) is 16.8 Å². The number of nitrogens with zero attached hydrogens (tertiary/aromatic N) is 1. The molecule has 4 N–H and O–H groups in total. The molecule has 1 aromatic heterocycles. The fourth-order valence-corrected chi connectivity index (χ4v) is 4.56. The summed E-state index contributed by atoms with van der Waals surface area (Å²) in [5, 5.41) is 0. The first kappa shape index (κ1) is 24.4. The molecule has 0 bridgehead atoms. The molecule has 1 aliphatic rings. The van der Waals surface area contributed by atoms with Crippen molar-refractivity contribution in [1.82, 2.24) is 4.98 Å². The van der Waals surface area contributed by atoms with Crippen LogP contribution in [-0.2, 0) is 4.74 Å². The number of methoxy groups -OCH3 is 1. The van der Waals surface area contributed by atoms with Gasteiger partial charge in [-0.05, 0) is 11.8 Å². The van der Waals surface area contributed by atoms with Crippen LogP contribution in [0.15, 0.2) is 35.6 Å². The van der Waals surface area contributed by atoms with Gasteiger partial charge in [0, 0.05) is 18.9 Å². The molecule has 0 radical (unpaired) electrons. The normalized spacial score (nSPS) is 22.2. The third-order valence-corrected chi connectivity index (χ3v) is 6.05. The predicted octanol–water partition coefficient (Wildman–Crippen LogP) is 0.176. The van der Waals surface area contributed by atoms with Crippen molar-refractivity contribution in [3.63, 3.8) is 0 Å². The second-order valence-electron chi connectivity index (χ2n) is 5.14. The quantitative estimate of drug-likeness (QED) is 0.383. The van der Waals surface area contributed by atoms with Crippen LogP contribution in [0.25, 0.3) is 0 Å². The molecule has 2 atom stereocenters. The van der Waals surface area contributed by atoms with Crippen LogP contribution in [0, 0.1) is 11.8 Å². The fourth-order valence-electron chi connectivity index (χ4n) is 2.06. The van der Waals surface area contributed by atoms with Gasteiger partial charge in [0.05, 0.1) is 11.2 Å². The monoisotopic (exact) mass is 428 g/mol. The summed E-state index contributed by atoms with van der Waals surface area (Å²) < 4.78 is 45.2. The number of aromatic nitrogens is 1. The van der Waals surface area contributed by atoms with E-state index in [0.717, 1.165) is 6.08 Å². The number of alkyl halides is 3. The van der Waals surface area contributed by atoms with Crippen molar-refractivity contribution in [3.05, 3.63) is 52.9 Å². The largest absolute Gasteiger partial charge is 1.00 e. The van der Waals surface area contributed by atoms with Crippen LogP contribution in [-0.4, -0.2) is 41.3 Å². The molecule has 1 aliphatic heterocycles. The van der Waals surface area contributed by atoms with Crippen molar-refractivity contribution in [2.75, 3.05) is 25.2 Å². The minimum Gasteiger partial charge on any atom is -0.385 e. The van der Waals surface area contributed by atoms with E-state index in [1.165, 1.54) is 41.5 Å². The Labute approximate surface area is 202 Å². The third kappa shape index (κ3) is 7.06.